The highest BCUT2D eigenvalue weighted by atomic mass is 16.4. The molecule has 1 aromatic carbocycles. The fourth-order valence-electron chi connectivity index (χ4n) is 2.50. The van der Waals surface area contributed by atoms with Gasteiger partial charge < -0.3 is 20.6 Å². The number of hydrogen-bond acceptors (Lipinski definition) is 3. The van der Waals surface area contributed by atoms with E-state index in [1.807, 2.05) is 43.3 Å². The number of hydrogen-bond donors (Lipinski definition) is 3. The first-order valence-electron chi connectivity index (χ1n) is 8.43. The van der Waals surface area contributed by atoms with Gasteiger partial charge in [-0.05, 0) is 44.6 Å². The Hall–Kier alpha value is -2.08. The van der Waals surface area contributed by atoms with Gasteiger partial charge in [-0.2, -0.15) is 0 Å². The standard InChI is InChI=1S/C18H29N3O3/c1-4-5-6-7-14-8-10-15(11-9-14)19-18(24)20-16(12-17(22)23)13-21(2)3/h8-11,16H,4-7,12-13H2,1-3H3,(H,22,23)(H2,19,20,24). The van der Waals surface area contributed by atoms with Crippen LogP contribution in [0.1, 0.15) is 38.2 Å². The molecule has 134 valence electrons. The zero-order valence-corrected chi connectivity index (χ0v) is 14.8. The quantitative estimate of drug-likeness (QED) is 0.574. The molecule has 0 aromatic heterocycles. The number of anilines is 1. The first-order chi connectivity index (χ1) is 11.4. The van der Waals surface area contributed by atoms with Crippen molar-refractivity contribution in [1.29, 1.82) is 0 Å². The molecular formula is C18H29N3O3. The zero-order chi connectivity index (χ0) is 17.9. The molecule has 0 aliphatic heterocycles. The van der Waals surface area contributed by atoms with Crippen molar-refractivity contribution < 1.29 is 14.7 Å². The molecular weight excluding hydrogens is 306 g/mol. The first kappa shape index (κ1) is 20.0. The summed E-state index contributed by atoms with van der Waals surface area (Å²) < 4.78 is 0. The van der Waals surface area contributed by atoms with E-state index in [0.29, 0.717) is 12.2 Å². The second kappa shape index (κ2) is 10.6. The van der Waals surface area contributed by atoms with Crippen molar-refractivity contribution >= 4 is 17.7 Å². The number of carbonyl (C=O) groups is 2. The van der Waals surface area contributed by atoms with Crippen LogP contribution in [0.15, 0.2) is 24.3 Å². The maximum absolute atomic E-state index is 12.0. The minimum absolute atomic E-state index is 0.109. The van der Waals surface area contributed by atoms with Crippen LogP contribution in [0.2, 0.25) is 0 Å². The van der Waals surface area contributed by atoms with E-state index >= 15 is 0 Å². The second-order valence-corrected chi connectivity index (χ2v) is 6.31. The average molecular weight is 335 g/mol. The molecule has 6 heteroatoms. The Morgan fingerprint density at radius 3 is 2.38 bits per heavy atom. The van der Waals surface area contributed by atoms with E-state index in [4.69, 9.17) is 5.11 Å². The molecule has 2 amide bonds. The summed E-state index contributed by atoms with van der Waals surface area (Å²) in [6.07, 6.45) is 4.53. The summed E-state index contributed by atoms with van der Waals surface area (Å²) >= 11 is 0. The van der Waals surface area contributed by atoms with Gasteiger partial charge in [0.1, 0.15) is 0 Å². The Morgan fingerprint density at radius 2 is 1.83 bits per heavy atom. The van der Waals surface area contributed by atoms with Gasteiger partial charge in [-0.15, -0.1) is 0 Å². The molecule has 3 N–H and O–H groups in total. The number of unbranched alkanes of at least 4 members (excludes halogenated alkanes) is 2. The molecule has 6 nitrogen and oxygen atoms in total. The molecule has 0 aliphatic rings. The maximum atomic E-state index is 12.0. The van der Waals surface area contributed by atoms with Crippen LogP contribution in [-0.4, -0.2) is 48.7 Å². The van der Waals surface area contributed by atoms with Gasteiger partial charge in [0.25, 0.3) is 0 Å². The van der Waals surface area contributed by atoms with Crippen molar-refractivity contribution in [3.8, 4) is 0 Å². The molecule has 0 aliphatic carbocycles. The molecule has 24 heavy (non-hydrogen) atoms. The van der Waals surface area contributed by atoms with Crippen LogP contribution in [0, 0.1) is 0 Å². The van der Waals surface area contributed by atoms with Gasteiger partial charge in [-0.1, -0.05) is 31.9 Å². The normalized spacial score (nSPS) is 12.0. The van der Waals surface area contributed by atoms with Crippen LogP contribution in [0.3, 0.4) is 0 Å². The summed E-state index contributed by atoms with van der Waals surface area (Å²) in [5.41, 5.74) is 1.96. The van der Waals surface area contributed by atoms with Gasteiger partial charge in [0, 0.05) is 12.2 Å². The van der Waals surface area contributed by atoms with E-state index in [1.54, 1.807) is 0 Å². The summed E-state index contributed by atoms with van der Waals surface area (Å²) in [5.74, 6) is -0.932. The van der Waals surface area contributed by atoms with E-state index in [-0.39, 0.29) is 12.5 Å². The molecule has 1 aromatic rings. The van der Waals surface area contributed by atoms with E-state index in [1.165, 1.54) is 24.8 Å². The predicted octanol–water partition coefficient (Wildman–Crippen LogP) is 2.95. The highest BCUT2D eigenvalue weighted by molar-refractivity contribution is 5.89. The first-order valence-corrected chi connectivity index (χ1v) is 8.43. The monoisotopic (exact) mass is 335 g/mol. The summed E-state index contributed by atoms with van der Waals surface area (Å²) in [6.45, 7) is 2.65. The third-order valence-electron chi connectivity index (χ3n) is 3.62. The largest absolute Gasteiger partial charge is 0.481 e. The topological polar surface area (TPSA) is 81.7 Å². The lowest BCUT2D eigenvalue weighted by atomic mass is 10.1. The van der Waals surface area contributed by atoms with E-state index in [0.717, 1.165) is 6.42 Å². The molecule has 0 saturated heterocycles. The predicted molar refractivity (Wildman–Crippen MR) is 96.4 cm³/mol. The van der Waals surface area contributed by atoms with Crippen molar-refractivity contribution in [2.75, 3.05) is 26.0 Å². The number of carbonyl (C=O) groups excluding carboxylic acids is 1. The number of rotatable bonds is 10. The lowest BCUT2D eigenvalue weighted by molar-refractivity contribution is -0.137. The van der Waals surface area contributed by atoms with Gasteiger partial charge in [0.05, 0.1) is 12.5 Å². The number of amides is 2. The van der Waals surface area contributed by atoms with Gasteiger partial charge in [-0.25, -0.2) is 4.79 Å². The molecule has 0 spiro atoms. The summed E-state index contributed by atoms with van der Waals surface area (Å²) in [4.78, 5) is 24.8. The van der Waals surface area contributed by atoms with Crippen molar-refractivity contribution in [2.24, 2.45) is 0 Å². The highest BCUT2D eigenvalue weighted by Gasteiger charge is 2.16. The molecule has 1 unspecified atom stereocenters. The van der Waals surface area contributed by atoms with Crippen molar-refractivity contribution in [2.45, 2.75) is 45.1 Å². The molecule has 0 heterocycles. The van der Waals surface area contributed by atoms with Gasteiger partial charge in [0.2, 0.25) is 0 Å². The molecule has 0 bridgehead atoms. The Labute approximate surface area is 144 Å². The summed E-state index contributed by atoms with van der Waals surface area (Å²) in [5, 5.41) is 14.4. The number of nitrogens with one attached hydrogen (secondary N) is 2. The molecule has 0 saturated carbocycles. The number of likely N-dealkylation sites (N-methyl/N-ethyl adjacent to an activating group) is 1. The van der Waals surface area contributed by atoms with Crippen LogP contribution < -0.4 is 10.6 Å². The third kappa shape index (κ3) is 8.53. The van der Waals surface area contributed by atoms with Gasteiger partial charge >= 0.3 is 12.0 Å². The van der Waals surface area contributed by atoms with Crippen LogP contribution in [0.4, 0.5) is 10.5 Å². The van der Waals surface area contributed by atoms with E-state index < -0.39 is 12.0 Å². The number of benzene rings is 1. The number of aryl methyl sites for hydroxylation is 1. The number of urea groups is 1. The number of nitrogens with zero attached hydrogens (tertiary/aromatic N) is 1. The molecule has 0 radical (unpaired) electrons. The smallest absolute Gasteiger partial charge is 0.319 e. The van der Waals surface area contributed by atoms with Crippen LogP contribution >= 0.6 is 0 Å². The van der Waals surface area contributed by atoms with Gasteiger partial charge in [0.15, 0.2) is 0 Å². The third-order valence-corrected chi connectivity index (χ3v) is 3.62. The highest BCUT2D eigenvalue weighted by Crippen LogP contribution is 2.12. The summed E-state index contributed by atoms with van der Waals surface area (Å²) in [6, 6.07) is 6.95. The molecule has 1 rings (SSSR count). The van der Waals surface area contributed by atoms with E-state index in [2.05, 4.69) is 17.6 Å². The molecule has 1 atom stereocenters. The lowest BCUT2D eigenvalue weighted by Crippen LogP contribution is -2.44. The number of carboxylic acids is 1. The van der Waals surface area contributed by atoms with Crippen LogP contribution in [0.25, 0.3) is 0 Å². The van der Waals surface area contributed by atoms with Crippen molar-refractivity contribution in [1.82, 2.24) is 10.2 Å². The minimum Gasteiger partial charge on any atom is -0.481 e. The van der Waals surface area contributed by atoms with Crippen molar-refractivity contribution in [3.63, 3.8) is 0 Å². The lowest BCUT2D eigenvalue weighted by Gasteiger charge is -2.21. The van der Waals surface area contributed by atoms with Gasteiger partial charge in [-0.3, -0.25) is 4.79 Å². The number of carboxylic acid groups (broad SMARTS) is 1. The minimum atomic E-state index is -0.932. The Morgan fingerprint density at radius 1 is 1.17 bits per heavy atom. The van der Waals surface area contributed by atoms with E-state index in [9.17, 15) is 9.59 Å². The zero-order valence-electron chi connectivity index (χ0n) is 14.8. The Kier molecular flexibility index (Phi) is 8.86. The summed E-state index contributed by atoms with van der Waals surface area (Å²) in [7, 11) is 3.68. The average Bonchev–Trinajstić information content (AvgIpc) is 2.47. The maximum Gasteiger partial charge on any atom is 0.319 e. The van der Waals surface area contributed by atoms with Crippen molar-refractivity contribution in [3.05, 3.63) is 29.8 Å². The van der Waals surface area contributed by atoms with Crippen LogP contribution in [-0.2, 0) is 11.2 Å². The second-order valence-electron chi connectivity index (χ2n) is 6.31. The number of aliphatic carboxylic acids is 1. The molecule has 0 fully saturated rings. The Balaban J connectivity index is 2.51. The van der Waals surface area contributed by atoms with Crippen LogP contribution in [0.5, 0.6) is 0 Å². The fraction of sp³-hybridized carbons (Fsp3) is 0.556. The fourth-order valence-corrected chi connectivity index (χ4v) is 2.50. The Bertz CT molecular complexity index is 515. The SMILES string of the molecule is CCCCCc1ccc(NC(=O)NC(CC(=O)O)CN(C)C)cc1.